The summed E-state index contributed by atoms with van der Waals surface area (Å²) in [5, 5.41) is 8.79. The fourth-order valence-corrected chi connectivity index (χ4v) is 3.02. The number of rotatable bonds is 2. The van der Waals surface area contributed by atoms with Crippen molar-refractivity contribution in [3.8, 4) is 0 Å². The van der Waals surface area contributed by atoms with Gasteiger partial charge in [-0.2, -0.15) is 5.10 Å². The summed E-state index contributed by atoms with van der Waals surface area (Å²) in [4.78, 5) is 2.30. The minimum absolute atomic E-state index is 0.496. The van der Waals surface area contributed by atoms with E-state index in [1.807, 2.05) is 6.92 Å². The van der Waals surface area contributed by atoms with Gasteiger partial charge in [0.05, 0.1) is 5.69 Å². The molecule has 21 heavy (non-hydrogen) atoms. The molecule has 0 fully saturated rings. The molecule has 2 N–H and O–H groups in total. The second-order valence-electron chi connectivity index (χ2n) is 5.65. The van der Waals surface area contributed by atoms with Crippen LogP contribution in [0.15, 0.2) is 24.3 Å². The highest BCUT2D eigenvalue weighted by molar-refractivity contribution is 5.67. The molecule has 0 saturated heterocycles. The predicted octanol–water partition coefficient (Wildman–Crippen LogP) is 3.03. The Morgan fingerprint density at radius 2 is 1.95 bits per heavy atom. The highest BCUT2D eigenvalue weighted by atomic mass is 15.3. The van der Waals surface area contributed by atoms with Crippen molar-refractivity contribution in [2.75, 3.05) is 11.4 Å². The molecule has 0 radical (unpaired) electrons. The molecular formula is C17H22N4. The van der Waals surface area contributed by atoms with Gasteiger partial charge in [-0.25, -0.2) is 0 Å². The lowest BCUT2D eigenvalue weighted by Gasteiger charge is -2.26. The normalized spacial score (nSPS) is 14.7. The van der Waals surface area contributed by atoms with Crippen LogP contribution in [0.2, 0.25) is 0 Å². The lowest BCUT2D eigenvalue weighted by molar-refractivity contribution is 0.749. The third-order valence-corrected chi connectivity index (χ3v) is 4.38. The number of fused-ring (bicyclic) bond motifs is 1. The number of benzene rings is 1. The lowest BCUT2D eigenvalue weighted by Crippen LogP contribution is -2.23. The second kappa shape index (κ2) is 5.82. The Balaban J connectivity index is 2.14. The number of anilines is 2. The minimum atomic E-state index is 0.496. The zero-order chi connectivity index (χ0) is 14.8. The Morgan fingerprint density at radius 1 is 1.14 bits per heavy atom. The molecular weight excluding hydrogens is 260 g/mol. The molecule has 1 aliphatic rings. The van der Waals surface area contributed by atoms with Crippen molar-refractivity contribution in [2.45, 2.75) is 39.7 Å². The summed E-state index contributed by atoms with van der Waals surface area (Å²) in [6, 6.07) is 8.59. The Morgan fingerprint density at radius 3 is 2.76 bits per heavy atom. The van der Waals surface area contributed by atoms with Crippen molar-refractivity contribution < 1.29 is 0 Å². The first-order valence-electron chi connectivity index (χ1n) is 7.60. The monoisotopic (exact) mass is 282 g/mol. The van der Waals surface area contributed by atoms with Gasteiger partial charge in [-0.3, -0.25) is 0 Å². The van der Waals surface area contributed by atoms with Crippen LogP contribution in [-0.4, -0.2) is 16.7 Å². The van der Waals surface area contributed by atoms with Crippen molar-refractivity contribution in [3.05, 3.63) is 46.6 Å². The van der Waals surface area contributed by atoms with Gasteiger partial charge in [-0.05, 0) is 50.3 Å². The van der Waals surface area contributed by atoms with Gasteiger partial charge in [-0.1, -0.05) is 18.2 Å². The fraction of sp³-hybridized carbons (Fsp3) is 0.412. The maximum absolute atomic E-state index is 5.99. The van der Waals surface area contributed by atoms with Crippen LogP contribution in [0.4, 0.5) is 11.5 Å². The van der Waals surface area contributed by atoms with Crippen LogP contribution in [0, 0.1) is 13.8 Å². The van der Waals surface area contributed by atoms with Crippen LogP contribution >= 0.6 is 0 Å². The third-order valence-electron chi connectivity index (χ3n) is 4.38. The topological polar surface area (TPSA) is 55.0 Å². The third kappa shape index (κ3) is 2.51. The number of aromatic nitrogens is 2. The van der Waals surface area contributed by atoms with Gasteiger partial charge in [0.2, 0.25) is 0 Å². The molecule has 0 saturated carbocycles. The zero-order valence-corrected chi connectivity index (χ0v) is 12.8. The van der Waals surface area contributed by atoms with E-state index in [2.05, 4.69) is 46.3 Å². The number of hydrogen-bond donors (Lipinski definition) is 1. The minimum Gasteiger partial charge on any atom is -0.326 e. The molecule has 0 unspecified atom stereocenters. The van der Waals surface area contributed by atoms with E-state index in [1.54, 1.807) is 0 Å². The first kappa shape index (κ1) is 14.0. The quantitative estimate of drug-likeness (QED) is 0.920. The summed E-state index contributed by atoms with van der Waals surface area (Å²) in [6.45, 7) is 5.54. The van der Waals surface area contributed by atoms with Gasteiger partial charge in [-0.15, -0.1) is 5.10 Å². The van der Waals surface area contributed by atoms with Crippen molar-refractivity contribution in [2.24, 2.45) is 5.73 Å². The summed E-state index contributed by atoms with van der Waals surface area (Å²) >= 11 is 0. The molecule has 4 nitrogen and oxygen atoms in total. The molecule has 2 aromatic rings. The van der Waals surface area contributed by atoms with Gasteiger partial charge in [0.1, 0.15) is 0 Å². The smallest absolute Gasteiger partial charge is 0.160 e. The van der Waals surface area contributed by atoms with Crippen molar-refractivity contribution in [3.63, 3.8) is 0 Å². The van der Waals surface area contributed by atoms with E-state index in [1.165, 1.54) is 17.7 Å². The summed E-state index contributed by atoms with van der Waals surface area (Å²) < 4.78 is 0. The summed E-state index contributed by atoms with van der Waals surface area (Å²) in [6.07, 6.45) is 3.50. The van der Waals surface area contributed by atoms with E-state index in [-0.39, 0.29) is 0 Å². The van der Waals surface area contributed by atoms with Crippen LogP contribution in [-0.2, 0) is 13.0 Å². The first-order valence-corrected chi connectivity index (χ1v) is 7.60. The van der Waals surface area contributed by atoms with Crippen molar-refractivity contribution in [1.82, 2.24) is 10.2 Å². The van der Waals surface area contributed by atoms with Crippen LogP contribution < -0.4 is 10.6 Å². The summed E-state index contributed by atoms with van der Waals surface area (Å²) in [5.41, 5.74) is 11.9. The molecule has 0 bridgehead atoms. The number of para-hydroxylation sites is 1. The average Bonchev–Trinajstić information content (AvgIpc) is 2.72. The van der Waals surface area contributed by atoms with Gasteiger partial charge in [0, 0.05) is 24.3 Å². The molecule has 3 rings (SSSR count). The molecule has 0 amide bonds. The predicted molar refractivity (Wildman–Crippen MR) is 85.8 cm³/mol. The first-order chi connectivity index (χ1) is 10.2. The van der Waals surface area contributed by atoms with E-state index in [4.69, 9.17) is 5.73 Å². The molecule has 1 aliphatic heterocycles. The van der Waals surface area contributed by atoms with Crippen molar-refractivity contribution in [1.29, 1.82) is 0 Å². The molecule has 0 aliphatic carbocycles. The van der Waals surface area contributed by atoms with Crippen LogP contribution in [0.1, 0.15) is 35.2 Å². The molecule has 0 atom stereocenters. The van der Waals surface area contributed by atoms with Gasteiger partial charge < -0.3 is 10.6 Å². The zero-order valence-electron chi connectivity index (χ0n) is 12.8. The summed E-state index contributed by atoms with van der Waals surface area (Å²) in [5.74, 6) is 0.926. The Bertz CT molecular complexity index is 651. The maximum atomic E-state index is 5.99. The van der Waals surface area contributed by atoms with Crippen LogP contribution in [0.3, 0.4) is 0 Å². The molecule has 4 heteroatoms. The highest BCUT2D eigenvalue weighted by Gasteiger charge is 2.21. The Kier molecular flexibility index (Phi) is 3.88. The molecule has 0 spiro atoms. The van der Waals surface area contributed by atoms with Crippen LogP contribution in [0.5, 0.6) is 0 Å². The Labute approximate surface area is 126 Å². The Hall–Kier alpha value is -1.94. The maximum Gasteiger partial charge on any atom is 0.160 e. The number of nitrogens with two attached hydrogens (primary N) is 1. The van der Waals surface area contributed by atoms with Crippen molar-refractivity contribution >= 4 is 11.5 Å². The number of aryl methyl sites for hydroxylation is 2. The van der Waals surface area contributed by atoms with E-state index >= 15 is 0 Å². The molecule has 1 aromatic carbocycles. The summed E-state index contributed by atoms with van der Waals surface area (Å²) in [7, 11) is 0. The van der Waals surface area contributed by atoms with Gasteiger partial charge >= 0.3 is 0 Å². The standard InChI is InChI=1S/C17H22N4/c1-12-13(2)19-20-17(15(12)11-18)21-10-6-5-8-14-7-3-4-9-16(14)21/h3-4,7,9H,5-6,8,10-11,18H2,1-2H3. The lowest BCUT2D eigenvalue weighted by atomic mass is 10.1. The fourth-order valence-electron chi connectivity index (χ4n) is 3.02. The van der Waals surface area contributed by atoms with E-state index < -0.39 is 0 Å². The average molecular weight is 282 g/mol. The van der Waals surface area contributed by atoms with E-state index in [0.29, 0.717) is 6.54 Å². The number of nitrogens with zero attached hydrogens (tertiary/aromatic N) is 3. The van der Waals surface area contributed by atoms with E-state index in [9.17, 15) is 0 Å². The molecule has 2 heterocycles. The largest absolute Gasteiger partial charge is 0.326 e. The SMILES string of the molecule is Cc1nnc(N2CCCCc3ccccc32)c(CN)c1C. The van der Waals surface area contributed by atoms with Gasteiger partial charge in [0.25, 0.3) is 0 Å². The molecule has 110 valence electrons. The van der Waals surface area contributed by atoms with Gasteiger partial charge in [0.15, 0.2) is 5.82 Å². The second-order valence-corrected chi connectivity index (χ2v) is 5.65. The van der Waals surface area contributed by atoms with Crippen LogP contribution in [0.25, 0.3) is 0 Å². The van der Waals surface area contributed by atoms with E-state index in [0.717, 1.165) is 42.0 Å². The highest BCUT2D eigenvalue weighted by Crippen LogP contribution is 2.34. The molecule has 1 aromatic heterocycles. The number of hydrogen-bond acceptors (Lipinski definition) is 4.